The maximum Gasteiger partial charge on any atom is 0.161 e. The first-order chi connectivity index (χ1) is 12.2. The fourth-order valence-electron chi connectivity index (χ4n) is 2.90. The molecule has 2 aromatic carbocycles. The van der Waals surface area contributed by atoms with E-state index in [2.05, 4.69) is 4.90 Å². The van der Waals surface area contributed by atoms with E-state index in [1.807, 2.05) is 43.3 Å². The number of hydrogen-bond acceptors (Lipinski definition) is 4. The molecule has 0 aromatic heterocycles. The van der Waals surface area contributed by atoms with Crippen molar-refractivity contribution >= 4 is 0 Å². The predicted molar refractivity (Wildman–Crippen MR) is 94.5 cm³/mol. The van der Waals surface area contributed by atoms with Crippen LogP contribution in [-0.2, 0) is 11.3 Å². The van der Waals surface area contributed by atoms with Gasteiger partial charge < -0.3 is 14.2 Å². The van der Waals surface area contributed by atoms with Gasteiger partial charge in [-0.2, -0.15) is 0 Å². The van der Waals surface area contributed by atoms with Crippen LogP contribution in [0, 0.1) is 5.82 Å². The number of halogens is 1. The zero-order chi connectivity index (χ0) is 17.5. The van der Waals surface area contributed by atoms with Gasteiger partial charge in [0.2, 0.25) is 0 Å². The molecule has 0 spiro atoms. The summed E-state index contributed by atoms with van der Waals surface area (Å²) >= 11 is 0. The molecule has 0 aliphatic carbocycles. The molecule has 25 heavy (non-hydrogen) atoms. The van der Waals surface area contributed by atoms with Crippen LogP contribution >= 0.6 is 0 Å². The molecule has 0 radical (unpaired) electrons. The summed E-state index contributed by atoms with van der Waals surface area (Å²) in [5.74, 6) is 1.29. The van der Waals surface area contributed by atoms with Crippen molar-refractivity contribution in [3.05, 3.63) is 59.9 Å². The third kappa shape index (κ3) is 5.18. The van der Waals surface area contributed by atoms with Crippen LogP contribution in [-0.4, -0.2) is 43.9 Å². The van der Waals surface area contributed by atoms with Gasteiger partial charge in [-0.1, -0.05) is 24.3 Å². The highest BCUT2D eigenvalue weighted by Gasteiger charge is 2.21. The predicted octanol–water partition coefficient (Wildman–Crippen LogP) is 3.50. The average molecular weight is 345 g/mol. The molecule has 1 fully saturated rings. The van der Waals surface area contributed by atoms with Gasteiger partial charge >= 0.3 is 0 Å². The Morgan fingerprint density at radius 3 is 2.52 bits per heavy atom. The summed E-state index contributed by atoms with van der Waals surface area (Å²) in [6.45, 7) is 6.14. The molecule has 1 aliphatic heterocycles. The highest BCUT2D eigenvalue weighted by atomic mass is 19.1. The number of nitrogens with zero attached hydrogens (tertiary/aromatic N) is 1. The van der Waals surface area contributed by atoms with Gasteiger partial charge in [0.05, 0.1) is 13.2 Å². The van der Waals surface area contributed by atoms with Crippen molar-refractivity contribution in [3.8, 4) is 11.5 Å². The lowest BCUT2D eigenvalue weighted by molar-refractivity contribution is -0.0507. The summed E-state index contributed by atoms with van der Waals surface area (Å²) in [5.41, 5.74) is 1.10. The molecule has 1 saturated heterocycles. The first-order valence-electron chi connectivity index (χ1n) is 8.67. The molecule has 1 aliphatic rings. The number of morpholine rings is 1. The van der Waals surface area contributed by atoms with E-state index in [1.54, 1.807) is 0 Å². The van der Waals surface area contributed by atoms with E-state index in [9.17, 15) is 4.39 Å². The average Bonchev–Trinajstić information content (AvgIpc) is 2.64. The molecule has 1 unspecified atom stereocenters. The van der Waals surface area contributed by atoms with E-state index in [1.165, 1.54) is 12.1 Å². The van der Waals surface area contributed by atoms with Crippen LogP contribution in [0.5, 0.6) is 11.5 Å². The molecule has 0 saturated carbocycles. The van der Waals surface area contributed by atoms with Crippen LogP contribution in [0.4, 0.5) is 4.39 Å². The smallest absolute Gasteiger partial charge is 0.161 e. The quantitative estimate of drug-likeness (QED) is 0.768. The lowest BCUT2D eigenvalue weighted by Crippen LogP contribution is -2.44. The van der Waals surface area contributed by atoms with Crippen LogP contribution < -0.4 is 9.47 Å². The molecular formula is C20H24FNO3. The second-order valence-electron chi connectivity index (χ2n) is 6.05. The Morgan fingerprint density at radius 1 is 1.08 bits per heavy atom. The summed E-state index contributed by atoms with van der Waals surface area (Å²) in [5, 5.41) is 0. The van der Waals surface area contributed by atoms with Crippen LogP contribution in [0.15, 0.2) is 48.5 Å². The largest absolute Gasteiger partial charge is 0.490 e. The molecule has 5 heteroatoms. The molecule has 4 nitrogen and oxygen atoms in total. The highest BCUT2D eigenvalue weighted by molar-refractivity contribution is 5.39. The second kappa shape index (κ2) is 8.83. The molecule has 2 aromatic rings. The van der Waals surface area contributed by atoms with Crippen molar-refractivity contribution in [3.63, 3.8) is 0 Å². The molecule has 0 amide bonds. The Labute approximate surface area is 148 Å². The van der Waals surface area contributed by atoms with E-state index in [-0.39, 0.29) is 11.9 Å². The van der Waals surface area contributed by atoms with E-state index >= 15 is 0 Å². The third-order valence-corrected chi connectivity index (χ3v) is 4.12. The van der Waals surface area contributed by atoms with E-state index in [4.69, 9.17) is 14.2 Å². The molecule has 134 valence electrons. The second-order valence-corrected chi connectivity index (χ2v) is 6.05. The maximum absolute atomic E-state index is 13.0. The monoisotopic (exact) mass is 345 g/mol. The van der Waals surface area contributed by atoms with Crippen LogP contribution in [0.2, 0.25) is 0 Å². The Bertz CT molecular complexity index is 662. The van der Waals surface area contributed by atoms with Crippen molar-refractivity contribution < 1.29 is 18.6 Å². The van der Waals surface area contributed by atoms with Crippen molar-refractivity contribution in [1.29, 1.82) is 0 Å². The van der Waals surface area contributed by atoms with Crippen molar-refractivity contribution in [2.24, 2.45) is 0 Å². The molecule has 0 bridgehead atoms. The Balaban J connectivity index is 1.52. The Hall–Kier alpha value is -2.11. The van der Waals surface area contributed by atoms with Gasteiger partial charge in [-0.05, 0) is 36.8 Å². The zero-order valence-corrected chi connectivity index (χ0v) is 14.5. The normalized spacial score (nSPS) is 18.1. The van der Waals surface area contributed by atoms with Crippen molar-refractivity contribution in [2.45, 2.75) is 19.6 Å². The van der Waals surface area contributed by atoms with Crippen LogP contribution in [0.1, 0.15) is 12.5 Å². The third-order valence-electron chi connectivity index (χ3n) is 4.12. The number of benzene rings is 2. The highest BCUT2D eigenvalue weighted by Crippen LogP contribution is 2.26. The summed E-state index contributed by atoms with van der Waals surface area (Å²) < 4.78 is 30.3. The standard InChI is InChI=1S/C20H24FNO3/c1-2-23-19-5-3-4-6-20(19)25-15-18-14-22(11-12-24-18)13-16-7-9-17(21)10-8-16/h3-10,18H,2,11-15H2,1H3. The van der Waals surface area contributed by atoms with E-state index in [0.29, 0.717) is 19.8 Å². The summed E-state index contributed by atoms with van der Waals surface area (Å²) in [7, 11) is 0. The SMILES string of the molecule is CCOc1ccccc1OCC1CN(Cc2ccc(F)cc2)CCO1. The minimum atomic E-state index is -0.204. The van der Waals surface area contributed by atoms with E-state index in [0.717, 1.165) is 36.7 Å². The topological polar surface area (TPSA) is 30.9 Å². The Kier molecular flexibility index (Phi) is 6.25. The van der Waals surface area contributed by atoms with Crippen LogP contribution in [0.3, 0.4) is 0 Å². The van der Waals surface area contributed by atoms with Gasteiger partial charge in [0.1, 0.15) is 18.5 Å². The summed E-state index contributed by atoms with van der Waals surface area (Å²) in [6, 6.07) is 14.3. The summed E-state index contributed by atoms with van der Waals surface area (Å²) in [4.78, 5) is 2.30. The molecular weight excluding hydrogens is 321 g/mol. The van der Waals surface area contributed by atoms with Gasteiger partial charge in [0.25, 0.3) is 0 Å². The minimum Gasteiger partial charge on any atom is -0.490 e. The first kappa shape index (κ1) is 17.7. The lowest BCUT2D eigenvalue weighted by atomic mass is 10.2. The fourth-order valence-corrected chi connectivity index (χ4v) is 2.90. The number of rotatable bonds is 7. The van der Waals surface area contributed by atoms with Gasteiger partial charge in [0, 0.05) is 19.6 Å². The van der Waals surface area contributed by atoms with Crippen molar-refractivity contribution in [2.75, 3.05) is 32.9 Å². The van der Waals surface area contributed by atoms with Gasteiger partial charge in [0.15, 0.2) is 11.5 Å². The first-order valence-corrected chi connectivity index (χ1v) is 8.67. The van der Waals surface area contributed by atoms with Gasteiger partial charge in [-0.25, -0.2) is 4.39 Å². The fraction of sp³-hybridized carbons (Fsp3) is 0.400. The molecule has 3 rings (SSSR count). The van der Waals surface area contributed by atoms with Gasteiger partial charge in [-0.15, -0.1) is 0 Å². The lowest BCUT2D eigenvalue weighted by Gasteiger charge is -2.32. The number of ether oxygens (including phenoxy) is 3. The maximum atomic E-state index is 13.0. The van der Waals surface area contributed by atoms with Crippen molar-refractivity contribution in [1.82, 2.24) is 4.90 Å². The number of para-hydroxylation sites is 2. The summed E-state index contributed by atoms with van der Waals surface area (Å²) in [6.07, 6.45) is 0.00359. The molecule has 0 N–H and O–H groups in total. The molecule has 1 heterocycles. The minimum absolute atomic E-state index is 0.00359. The van der Waals surface area contributed by atoms with Crippen LogP contribution in [0.25, 0.3) is 0 Å². The van der Waals surface area contributed by atoms with E-state index < -0.39 is 0 Å². The zero-order valence-electron chi connectivity index (χ0n) is 14.5. The molecule has 1 atom stereocenters. The van der Waals surface area contributed by atoms with Gasteiger partial charge in [-0.3, -0.25) is 4.90 Å². The Morgan fingerprint density at radius 2 is 1.80 bits per heavy atom. The number of hydrogen-bond donors (Lipinski definition) is 0.